The summed E-state index contributed by atoms with van der Waals surface area (Å²) in [5.41, 5.74) is -1.74. The molecule has 1 aliphatic heterocycles. The van der Waals surface area contributed by atoms with Gasteiger partial charge in [0.2, 0.25) is 0 Å². The van der Waals surface area contributed by atoms with Crippen molar-refractivity contribution >= 4 is 7.82 Å². The fraction of sp³-hybridized carbons (Fsp3) is 0.625. The average molecular weight is 325 g/mol. The molecule has 0 spiro atoms. The molecule has 13 heteroatoms. The van der Waals surface area contributed by atoms with Crippen molar-refractivity contribution in [3.05, 3.63) is 27.0 Å². The minimum absolute atomic E-state index is 0.590. The lowest BCUT2D eigenvalue weighted by molar-refractivity contribution is -0.0610. The number of aliphatic hydroxyl groups is 2. The van der Waals surface area contributed by atoms with Gasteiger partial charge in [0.15, 0.2) is 6.23 Å². The van der Waals surface area contributed by atoms with Gasteiger partial charge in [0, 0.05) is 0 Å². The summed E-state index contributed by atoms with van der Waals surface area (Å²) >= 11 is 0. The molecule has 0 radical (unpaired) electrons. The van der Waals surface area contributed by atoms with E-state index in [-0.39, 0.29) is 0 Å². The molecule has 1 saturated heterocycles. The molecular formula is C8H12N3O9P. The van der Waals surface area contributed by atoms with Crippen molar-refractivity contribution in [2.75, 3.05) is 6.61 Å². The second kappa shape index (κ2) is 5.77. The van der Waals surface area contributed by atoms with Crippen LogP contribution in [0.4, 0.5) is 0 Å². The van der Waals surface area contributed by atoms with Gasteiger partial charge in [0.05, 0.1) is 6.61 Å². The second-order valence-corrected chi connectivity index (χ2v) is 5.46. The number of hydrogen-bond donors (Lipinski definition) is 5. The van der Waals surface area contributed by atoms with Gasteiger partial charge in [-0.25, -0.2) is 9.36 Å². The van der Waals surface area contributed by atoms with Crippen LogP contribution >= 0.6 is 7.82 Å². The van der Waals surface area contributed by atoms with Gasteiger partial charge in [-0.3, -0.25) is 14.3 Å². The quantitative estimate of drug-likeness (QED) is 0.350. The fourth-order valence-corrected chi connectivity index (χ4v) is 2.12. The molecule has 1 aliphatic rings. The van der Waals surface area contributed by atoms with Crippen molar-refractivity contribution in [2.24, 2.45) is 0 Å². The summed E-state index contributed by atoms with van der Waals surface area (Å²) in [4.78, 5) is 41.4. The molecule has 12 nitrogen and oxygen atoms in total. The molecule has 0 saturated carbocycles. The number of rotatable bonds is 4. The minimum Gasteiger partial charge on any atom is -0.387 e. The molecule has 0 amide bonds. The molecule has 5 N–H and O–H groups in total. The minimum atomic E-state index is -4.78. The number of aromatic nitrogens is 3. The number of nitrogens with one attached hydrogen (secondary N) is 1. The Bertz CT molecular complexity index is 665. The van der Waals surface area contributed by atoms with E-state index in [1.165, 1.54) is 0 Å². The van der Waals surface area contributed by atoms with E-state index >= 15 is 0 Å². The van der Waals surface area contributed by atoms with Gasteiger partial charge < -0.3 is 24.7 Å². The average Bonchev–Trinajstić information content (AvgIpc) is 2.64. The number of phosphoric acid groups is 1. The topological polar surface area (TPSA) is 184 Å². The Kier molecular flexibility index (Phi) is 4.39. The zero-order valence-electron chi connectivity index (χ0n) is 10.3. The number of nitrogens with zero attached hydrogens (tertiary/aromatic N) is 2. The van der Waals surface area contributed by atoms with Crippen molar-refractivity contribution < 1.29 is 33.8 Å². The van der Waals surface area contributed by atoms with Gasteiger partial charge in [-0.2, -0.15) is 9.78 Å². The van der Waals surface area contributed by atoms with Crippen LogP contribution in [0.3, 0.4) is 0 Å². The summed E-state index contributed by atoms with van der Waals surface area (Å²) in [7, 11) is -4.78. The predicted octanol–water partition coefficient (Wildman–Crippen LogP) is -3.34. The van der Waals surface area contributed by atoms with E-state index in [4.69, 9.17) is 14.5 Å². The van der Waals surface area contributed by atoms with Gasteiger partial charge in [-0.1, -0.05) is 0 Å². The van der Waals surface area contributed by atoms with E-state index in [0.29, 0.717) is 4.68 Å². The van der Waals surface area contributed by atoms with Crippen molar-refractivity contribution in [2.45, 2.75) is 24.5 Å². The smallest absolute Gasteiger partial charge is 0.387 e. The molecule has 2 rings (SSSR count). The molecule has 0 bridgehead atoms. The lowest BCUT2D eigenvalue weighted by Crippen LogP contribution is -2.39. The summed E-state index contributed by atoms with van der Waals surface area (Å²) in [5.74, 6) is 0. The van der Waals surface area contributed by atoms with Crippen LogP contribution in [0.5, 0.6) is 0 Å². The monoisotopic (exact) mass is 325 g/mol. The number of aliphatic hydroxyl groups excluding tert-OH is 2. The van der Waals surface area contributed by atoms with E-state index in [9.17, 15) is 24.4 Å². The molecule has 1 aromatic heterocycles. The highest BCUT2D eigenvalue weighted by atomic mass is 31.2. The number of H-pyrrole nitrogens is 1. The molecule has 0 aliphatic carbocycles. The van der Waals surface area contributed by atoms with Crippen LogP contribution in [0.1, 0.15) is 6.23 Å². The fourth-order valence-electron chi connectivity index (χ4n) is 1.78. The third-order valence-corrected chi connectivity index (χ3v) is 3.21. The Morgan fingerprint density at radius 3 is 2.62 bits per heavy atom. The van der Waals surface area contributed by atoms with Gasteiger partial charge in [-0.05, 0) is 0 Å². The van der Waals surface area contributed by atoms with E-state index in [2.05, 4.69) is 9.62 Å². The van der Waals surface area contributed by atoms with E-state index in [1.807, 2.05) is 4.98 Å². The lowest BCUT2D eigenvalue weighted by atomic mass is 10.1. The van der Waals surface area contributed by atoms with Crippen molar-refractivity contribution in [3.63, 3.8) is 0 Å². The lowest BCUT2D eigenvalue weighted by Gasteiger charge is -2.15. The number of phosphoric ester groups is 1. The molecule has 0 aromatic carbocycles. The van der Waals surface area contributed by atoms with Gasteiger partial charge >= 0.3 is 13.5 Å². The van der Waals surface area contributed by atoms with Crippen LogP contribution in [0.25, 0.3) is 0 Å². The van der Waals surface area contributed by atoms with E-state index < -0.39 is 50.2 Å². The molecule has 1 fully saturated rings. The zero-order chi connectivity index (χ0) is 15.8. The molecule has 2 heterocycles. The summed E-state index contributed by atoms with van der Waals surface area (Å²) < 4.78 is 20.4. The number of hydrogen-bond acceptors (Lipinski definition) is 8. The first-order chi connectivity index (χ1) is 9.69. The van der Waals surface area contributed by atoms with Crippen LogP contribution in [0, 0.1) is 0 Å². The molecule has 4 atom stereocenters. The summed E-state index contributed by atoms with van der Waals surface area (Å²) in [5, 5.41) is 23.0. The molecule has 1 aromatic rings. The maximum absolute atomic E-state index is 11.5. The zero-order valence-corrected chi connectivity index (χ0v) is 11.2. The highest BCUT2D eigenvalue weighted by Crippen LogP contribution is 2.38. The molecule has 118 valence electrons. The Hall–Kier alpha value is -1.40. The molecule has 21 heavy (non-hydrogen) atoms. The maximum atomic E-state index is 11.5. The highest BCUT2D eigenvalue weighted by molar-refractivity contribution is 7.46. The van der Waals surface area contributed by atoms with Crippen LogP contribution in [0.2, 0.25) is 0 Å². The second-order valence-electron chi connectivity index (χ2n) is 4.22. The summed E-state index contributed by atoms with van der Waals surface area (Å²) in [6, 6.07) is 0. The normalized spacial score (nSPS) is 29.7. The van der Waals surface area contributed by atoms with Crippen LogP contribution in [-0.4, -0.2) is 59.7 Å². The van der Waals surface area contributed by atoms with Crippen molar-refractivity contribution in [1.82, 2.24) is 14.8 Å². The first-order valence-electron chi connectivity index (χ1n) is 5.59. The summed E-state index contributed by atoms with van der Waals surface area (Å²) in [6.45, 7) is -0.711. The van der Waals surface area contributed by atoms with Gasteiger partial charge in [-0.15, -0.1) is 0 Å². The SMILES string of the molecule is O=c1cnn([C@H]2O[C@@H](COP(=O)(O)O)C(O)C2O)c(=O)[nH]1. The van der Waals surface area contributed by atoms with E-state index in [1.54, 1.807) is 0 Å². The van der Waals surface area contributed by atoms with Crippen LogP contribution in [-0.2, 0) is 13.8 Å². The van der Waals surface area contributed by atoms with Crippen molar-refractivity contribution in [1.29, 1.82) is 0 Å². The first kappa shape index (κ1) is 16.0. The third kappa shape index (κ3) is 3.63. The van der Waals surface area contributed by atoms with Crippen molar-refractivity contribution in [3.8, 4) is 0 Å². The first-order valence-corrected chi connectivity index (χ1v) is 7.12. The van der Waals surface area contributed by atoms with Gasteiger partial charge in [0.25, 0.3) is 5.56 Å². The predicted molar refractivity (Wildman–Crippen MR) is 63.0 cm³/mol. The summed E-state index contributed by atoms with van der Waals surface area (Å²) in [6.07, 6.45) is -5.13. The number of aromatic amines is 1. The van der Waals surface area contributed by atoms with Crippen LogP contribution < -0.4 is 11.2 Å². The number of ether oxygens (including phenoxy) is 1. The standard InChI is InChI=1S/C8H12N3O9P/c12-4-1-9-11(8(15)10-4)7-6(14)5(13)3(20-7)2-19-21(16,17)18/h1,3,5-7,13-14H,2H2,(H,10,12,15)(H2,16,17,18)/t3-,5?,6?,7-/m0/s1. The highest BCUT2D eigenvalue weighted by Gasteiger charge is 2.45. The molecular weight excluding hydrogens is 313 g/mol. The largest absolute Gasteiger partial charge is 0.469 e. The Morgan fingerprint density at radius 2 is 2.05 bits per heavy atom. The Labute approximate surface area is 115 Å². The van der Waals surface area contributed by atoms with Gasteiger partial charge in [0.1, 0.15) is 24.5 Å². The van der Waals surface area contributed by atoms with Crippen LogP contribution in [0.15, 0.2) is 15.8 Å². The molecule has 2 unspecified atom stereocenters. The third-order valence-electron chi connectivity index (χ3n) is 2.72. The Balaban J connectivity index is 2.18. The maximum Gasteiger partial charge on any atom is 0.469 e. The Morgan fingerprint density at radius 1 is 1.38 bits per heavy atom. The van der Waals surface area contributed by atoms with E-state index in [0.717, 1.165) is 6.20 Å².